The molecule has 7 nitrogen and oxygen atoms in total. The van der Waals surface area contributed by atoms with E-state index in [2.05, 4.69) is 10.4 Å². The number of carbonyl (C=O) groups excluding carboxylic acids is 1. The van der Waals surface area contributed by atoms with E-state index in [0.717, 1.165) is 16.8 Å². The lowest BCUT2D eigenvalue weighted by atomic mass is 10.1. The number of amides is 1. The number of carboxylic acids is 1. The highest BCUT2D eigenvalue weighted by Crippen LogP contribution is 2.33. The third-order valence-electron chi connectivity index (χ3n) is 3.61. The largest absolute Gasteiger partial charge is 0.481 e. The predicted octanol–water partition coefficient (Wildman–Crippen LogP) is 2.15. The lowest BCUT2D eigenvalue weighted by Gasteiger charge is -2.16. The Morgan fingerprint density at radius 1 is 1.26 bits per heavy atom. The third kappa shape index (κ3) is 4.93. The van der Waals surface area contributed by atoms with Crippen molar-refractivity contribution in [2.45, 2.75) is 25.9 Å². The molecule has 2 aromatic rings. The Balaban J connectivity index is 2.39. The highest BCUT2D eigenvalue weighted by molar-refractivity contribution is 5.92. The smallest absolute Gasteiger partial charge is 0.418 e. The van der Waals surface area contributed by atoms with Gasteiger partial charge in [0.25, 0.3) is 5.91 Å². The Hall–Kier alpha value is -3.17. The number of carboxylic acid groups (broad SMARTS) is 1. The summed E-state index contributed by atoms with van der Waals surface area (Å²) in [7, 11) is 0. The summed E-state index contributed by atoms with van der Waals surface area (Å²) < 4.78 is 40.6. The van der Waals surface area contributed by atoms with Gasteiger partial charge >= 0.3 is 12.1 Å². The monoisotopic (exact) mass is 383 g/mol. The average Bonchev–Trinajstić information content (AvgIpc) is 2.57. The van der Waals surface area contributed by atoms with Crippen molar-refractivity contribution >= 4 is 11.9 Å². The van der Waals surface area contributed by atoms with Crippen molar-refractivity contribution in [2.24, 2.45) is 0 Å². The second-order valence-electron chi connectivity index (χ2n) is 5.68. The molecular formula is C17H16F3N3O4. The Morgan fingerprint density at radius 2 is 1.93 bits per heavy atom. The second-order valence-corrected chi connectivity index (χ2v) is 5.68. The fraction of sp³-hybridized carbons (Fsp3) is 0.294. The van der Waals surface area contributed by atoms with Crippen molar-refractivity contribution in [1.82, 2.24) is 15.1 Å². The molecule has 0 spiro atoms. The number of alkyl halides is 3. The first kappa shape index (κ1) is 20.1. The van der Waals surface area contributed by atoms with Crippen LogP contribution >= 0.6 is 0 Å². The van der Waals surface area contributed by atoms with E-state index >= 15 is 0 Å². The maximum Gasteiger partial charge on any atom is 0.418 e. The van der Waals surface area contributed by atoms with E-state index in [0.29, 0.717) is 0 Å². The van der Waals surface area contributed by atoms with Gasteiger partial charge < -0.3 is 10.4 Å². The minimum atomic E-state index is -4.65. The molecule has 0 radical (unpaired) electrons. The molecule has 144 valence electrons. The Bertz CT molecular complexity index is 922. The number of nitrogens with one attached hydrogen (secondary N) is 1. The minimum Gasteiger partial charge on any atom is -0.481 e. The summed E-state index contributed by atoms with van der Waals surface area (Å²) in [5.41, 5.74) is -2.48. The average molecular weight is 383 g/mol. The maximum atomic E-state index is 13.2. The molecule has 10 heteroatoms. The summed E-state index contributed by atoms with van der Waals surface area (Å²) in [6, 6.07) is 5.68. The van der Waals surface area contributed by atoms with Gasteiger partial charge in [-0.15, -0.1) is 0 Å². The summed E-state index contributed by atoms with van der Waals surface area (Å²) in [5, 5.41) is 14.7. The van der Waals surface area contributed by atoms with Gasteiger partial charge in [0.2, 0.25) is 5.43 Å². The summed E-state index contributed by atoms with van der Waals surface area (Å²) in [6.07, 6.45) is -4.68. The van der Waals surface area contributed by atoms with E-state index in [1.807, 2.05) is 0 Å². The van der Waals surface area contributed by atoms with Crippen molar-refractivity contribution in [3.63, 3.8) is 0 Å². The van der Waals surface area contributed by atoms with Crippen molar-refractivity contribution in [3.05, 3.63) is 57.5 Å². The van der Waals surface area contributed by atoms with E-state index in [-0.39, 0.29) is 30.8 Å². The number of benzene rings is 1. The zero-order chi connectivity index (χ0) is 20.2. The molecule has 0 unspecified atom stereocenters. The minimum absolute atomic E-state index is 0.0146. The highest BCUT2D eigenvalue weighted by Gasteiger charge is 2.34. The van der Waals surface area contributed by atoms with Crippen LogP contribution in [0.3, 0.4) is 0 Å². The molecule has 0 aliphatic rings. The van der Waals surface area contributed by atoms with E-state index in [1.54, 1.807) is 0 Å². The second kappa shape index (κ2) is 8.02. The summed E-state index contributed by atoms with van der Waals surface area (Å²) in [5.74, 6) is -1.92. The van der Waals surface area contributed by atoms with Crippen LogP contribution in [0.4, 0.5) is 13.2 Å². The van der Waals surface area contributed by atoms with Gasteiger partial charge in [-0.2, -0.15) is 18.3 Å². The SMILES string of the molecule is Cc1cc(=O)c(C(=O)NCCCC(=O)O)nn1-c1ccccc1C(F)(F)F. The first-order chi connectivity index (χ1) is 12.6. The van der Waals surface area contributed by atoms with E-state index in [1.165, 1.54) is 25.1 Å². The topological polar surface area (TPSA) is 101 Å². The lowest BCUT2D eigenvalue weighted by molar-refractivity contribution is -0.138. The van der Waals surface area contributed by atoms with Gasteiger partial charge in [-0.3, -0.25) is 14.4 Å². The predicted molar refractivity (Wildman–Crippen MR) is 88.8 cm³/mol. The number of carbonyl (C=O) groups is 2. The summed E-state index contributed by atoms with van der Waals surface area (Å²) in [6.45, 7) is 1.38. The van der Waals surface area contributed by atoms with Gasteiger partial charge in [0, 0.05) is 24.7 Å². The molecule has 0 bridgehead atoms. The molecule has 1 heterocycles. The Kier molecular flexibility index (Phi) is 5.98. The maximum absolute atomic E-state index is 13.2. The lowest BCUT2D eigenvalue weighted by Crippen LogP contribution is -2.33. The first-order valence-electron chi connectivity index (χ1n) is 7.89. The molecule has 0 saturated carbocycles. The van der Waals surface area contributed by atoms with Crippen molar-refractivity contribution in [3.8, 4) is 5.69 Å². The van der Waals surface area contributed by atoms with Gasteiger partial charge in [-0.1, -0.05) is 12.1 Å². The fourth-order valence-corrected chi connectivity index (χ4v) is 2.37. The van der Waals surface area contributed by atoms with Gasteiger partial charge in [-0.25, -0.2) is 4.68 Å². The van der Waals surface area contributed by atoms with Crippen LogP contribution in [0.25, 0.3) is 5.69 Å². The summed E-state index contributed by atoms with van der Waals surface area (Å²) in [4.78, 5) is 34.6. The normalized spacial score (nSPS) is 11.3. The number of aryl methyl sites for hydroxylation is 1. The van der Waals surface area contributed by atoms with Gasteiger partial charge in [-0.05, 0) is 25.5 Å². The molecule has 0 fully saturated rings. The van der Waals surface area contributed by atoms with Crippen LogP contribution in [0.2, 0.25) is 0 Å². The van der Waals surface area contributed by atoms with Gasteiger partial charge in [0.15, 0.2) is 5.69 Å². The third-order valence-corrected chi connectivity index (χ3v) is 3.61. The van der Waals surface area contributed by atoms with E-state index < -0.39 is 34.7 Å². The van der Waals surface area contributed by atoms with Gasteiger partial charge in [0.05, 0.1) is 11.3 Å². The van der Waals surface area contributed by atoms with Crippen molar-refractivity contribution in [2.75, 3.05) is 6.54 Å². The molecule has 1 aromatic carbocycles. The van der Waals surface area contributed by atoms with E-state index in [9.17, 15) is 27.6 Å². The molecule has 0 aliphatic heterocycles. The molecule has 1 amide bonds. The zero-order valence-electron chi connectivity index (χ0n) is 14.2. The number of halogens is 3. The highest BCUT2D eigenvalue weighted by atomic mass is 19.4. The van der Waals surface area contributed by atoms with Crippen LogP contribution in [0.1, 0.15) is 34.6 Å². The molecule has 27 heavy (non-hydrogen) atoms. The van der Waals surface area contributed by atoms with Crippen molar-refractivity contribution < 1.29 is 27.9 Å². The molecule has 0 saturated heterocycles. The van der Waals surface area contributed by atoms with Crippen LogP contribution in [0, 0.1) is 6.92 Å². The molecule has 2 N–H and O–H groups in total. The molecule has 2 rings (SSSR count). The molecule has 0 aliphatic carbocycles. The number of aliphatic carboxylic acids is 1. The van der Waals surface area contributed by atoms with Crippen LogP contribution in [0.15, 0.2) is 35.1 Å². The van der Waals surface area contributed by atoms with Crippen LogP contribution in [0.5, 0.6) is 0 Å². The Morgan fingerprint density at radius 3 is 2.56 bits per heavy atom. The van der Waals surface area contributed by atoms with Crippen LogP contribution in [-0.4, -0.2) is 33.3 Å². The van der Waals surface area contributed by atoms with Crippen LogP contribution < -0.4 is 10.7 Å². The number of rotatable bonds is 6. The van der Waals surface area contributed by atoms with Gasteiger partial charge in [0.1, 0.15) is 0 Å². The standard InChI is InChI=1S/C17H16F3N3O4/c1-10-9-13(24)15(16(27)21-8-4-7-14(25)26)22-23(10)12-6-3-2-5-11(12)17(18,19)20/h2-3,5-6,9H,4,7-8H2,1H3,(H,21,27)(H,25,26). The molecular weight excluding hydrogens is 367 g/mol. The summed E-state index contributed by atoms with van der Waals surface area (Å²) >= 11 is 0. The van der Waals surface area contributed by atoms with Crippen molar-refractivity contribution in [1.29, 1.82) is 0 Å². The first-order valence-corrected chi connectivity index (χ1v) is 7.89. The zero-order valence-corrected chi connectivity index (χ0v) is 14.2. The van der Waals surface area contributed by atoms with Crippen LogP contribution in [-0.2, 0) is 11.0 Å². The fourth-order valence-electron chi connectivity index (χ4n) is 2.37. The quantitative estimate of drug-likeness (QED) is 0.745. The Labute approximate surface area is 151 Å². The number of hydrogen-bond acceptors (Lipinski definition) is 4. The number of nitrogens with zero attached hydrogens (tertiary/aromatic N) is 2. The number of aromatic nitrogens is 2. The number of para-hydroxylation sites is 1. The number of hydrogen-bond donors (Lipinski definition) is 2. The molecule has 0 atom stereocenters. The van der Waals surface area contributed by atoms with E-state index in [4.69, 9.17) is 5.11 Å². The molecule has 1 aromatic heterocycles.